The van der Waals surface area contributed by atoms with Gasteiger partial charge in [-0.1, -0.05) is 6.07 Å². The number of benzene rings is 1. The van der Waals surface area contributed by atoms with E-state index in [1.807, 2.05) is 24.3 Å². The number of nitrogen functional groups attached to an aromatic ring is 1. The Kier molecular flexibility index (Phi) is 2.36. The van der Waals surface area contributed by atoms with E-state index in [1.165, 1.54) is 0 Å². The molecule has 0 unspecified atom stereocenters. The van der Waals surface area contributed by atoms with E-state index in [0.717, 1.165) is 31.3 Å². The molecule has 13 heavy (non-hydrogen) atoms. The van der Waals surface area contributed by atoms with Gasteiger partial charge in [0.05, 0.1) is 19.8 Å². The number of hydrogen-bond donors (Lipinski definition) is 1. The SMILES string of the molecule is Nc1cccc(OCC2COC2)c1. The highest BCUT2D eigenvalue weighted by molar-refractivity contribution is 5.43. The first-order valence-corrected chi connectivity index (χ1v) is 4.40. The minimum Gasteiger partial charge on any atom is -0.493 e. The highest BCUT2D eigenvalue weighted by atomic mass is 16.5. The summed E-state index contributed by atoms with van der Waals surface area (Å²) in [6.07, 6.45) is 0. The van der Waals surface area contributed by atoms with E-state index in [-0.39, 0.29) is 0 Å². The molecule has 0 atom stereocenters. The van der Waals surface area contributed by atoms with Crippen molar-refractivity contribution in [2.45, 2.75) is 0 Å². The van der Waals surface area contributed by atoms with Crippen molar-refractivity contribution in [2.75, 3.05) is 25.6 Å². The smallest absolute Gasteiger partial charge is 0.121 e. The van der Waals surface area contributed by atoms with Gasteiger partial charge in [0.1, 0.15) is 5.75 Å². The number of ether oxygens (including phenoxy) is 2. The zero-order valence-electron chi connectivity index (χ0n) is 7.40. The van der Waals surface area contributed by atoms with Crippen LogP contribution in [0.3, 0.4) is 0 Å². The molecule has 0 bridgehead atoms. The van der Waals surface area contributed by atoms with Gasteiger partial charge in [-0.2, -0.15) is 0 Å². The summed E-state index contributed by atoms with van der Waals surface area (Å²) in [5.74, 6) is 1.40. The van der Waals surface area contributed by atoms with Crippen LogP contribution in [0.4, 0.5) is 5.69 Å². The molecule has 0 saturated carbocycles. The predicted octanol–water partition coefficient (Wildman–Crippen LogP) is 1.29. The fraction of sp³-hybridized carbons (Fsp3) is 0.400. The quantitative estimate of drug-likeness (QED) is 0.711. The summed E-state index contributed by atoms with van der Waals surface area (Å²) in [5.41, 5.74) is 6.35. The van der Waals surface area contributed by atoms with Crippen molar-refractivity contribution in [3.8, 4) is 5.75 Å². The zero-order valence-corrected chi connectivity index (χ0v) is 7.40. The van der Waals surface area contributed by atoms with E-state index in [0.29, 0.717) is 5.92 Å². The lowest BCUT2D eigenvalue weighted by molar-refractivity contribution is -0.0508. The second-order valence-electron chi connectivity index (χ2n) is 3.29. The van der Waals surface area contributed by atoms with Gasteiger partial charge < -0.3 is 15.2 Å². The first-order chi connectivity index (χ1) is 6.34. The van der Waals surface area contributed by atoms with E-state index in [1.54, 1.807) is 0 Å². The van der Waals surface area contributed by atoms with Crippen LogP contribution in [0.5, 0.6) is 5.75 Å². The van der Waals surface area contributed by atoms with Gasteiger partial charge in [0.15, 0.2) is 0 Å². The molecule has 1 aliphatic heterocycles. The normalized spacial score (nSPS) is 16.6. The Morgan fingerprint density at radius 1 is 1.46 bits per heavy atom. The van der Waals surface area contributed by atoms with E-state index >= 15 is 0 Å². The average Bonchev–Trinajstić information content (AvgIpc) is 2.01. The van der Waals surface area contributed by atoms with Crippen LogP contribution in [-0.4, -0.2) is 19.8 Å². The van der Waals surface area contributed by atoms with E-state index < -0.39 is 0 Å². The Hall–Kier alpha value is -1.22. The van der Waals surface area contributed by atoms with Gasteiger partial charge >= 0.3 is 0 Å². The fourth-order valence-corrected chi connectivity index (χ4v) is 1.20. The molecule has 1 aliphatic rings. The molecule has 70 valence electrons. The molecule has 1 aromatic rings. The maximum Gasteiger partial charge on any atom is 0.121 e. The third-order valence-corrected chi connectivity index (χ3v) is 2.05. The van der Waals surface area contributed by atoms with E-state index in [2.05, 4.69) is 0 Å². The molecular weight excluding hydrogens is 166 g/mol. The van der Waals surface area contributed by atoms with Crippen LogP contribution in [0.25, 0.3) is 0 Å². The van der Waals surface area contributed by atoms with Gasteiger partial charge in [0, 0.05) is 17.7 Å². The number of rotatable bonds is 3. The van der Waals surface area contributed by atoms with Gasteiger partial charge in [-0.05, 0) is 12.1 Å². The molecule has 1 saturated heterocycles. The Morgan fingerprint density at radius 3 is 2.92 bits per heavy atom. The van der Waals surface area contributed by atoms with Crippen molar-refractivity contribution in [1.29, 1.82) is 0 Å². The topological polar surface area (TPSA) is 44.5 Å². The van der Waals surface area contributed by atoms with Crippen LogP contribution in [0.15, 0.2) is 24.3 Å². The minimum atomic E-state index is 0.557. The Morgan fingerprint density at radius 2 is 2.31 bits per heavy atom. The molecule has 1 fully saturated rings. The maximum atomic E-state index is 5.61. The summed E-state index contributed by atoms with van der Waals surface area (Å²) in [7, 11) is 0. The molecule has 3 heteroatoms. The van der Waals surface area contributed by atoms with Crippen molar-refractivity contribution in [3.63, 3.8) is 0 Å². The Labute approximate surface area is 77.5 Å². The lowest BCUT2D eigenvalue weighted by atomic mass is 10.1. The van der Waals surface area contributed by atoms with Crippen molar-refractivity contribution in [1.82, 2.24) is 0 Å². The molecule has 0 aromatic heterocycles. The molecular formula is C10H13NO2. The van der Waals surface area contributed by atoms with Crippen molar-refractivity contribution < 1.29 is 9.47 Å². The largest absolute Gasteiger partial charge is 0.493 e. The first kappa shape index (κ1) is 8.38. The molecule has 0 spiro atoms. The van der Waals surface area contributed by atoms with Crippen LogP contribution in [0.2, 0.25) is 0 Å². The number of anilines is 1. The molecule has 1 heterocycles. The van der Waals surface area contributed by atoms with Gasteiger partial charge in [-0.15, -0.1) is 0 Å². The van der Waals surface area contributed by atoms with Crippen molar-refractivity contribution in [2.24, 2.45) is 5.92 Å². The monoisotopic (exact) mass is 179 g/mol. The summed E-state index contributed by atoms with van der Waals surface area (Å²) in [4.78, 5) is 0. The summed E-state index contributed by atoms with van der Waals surface area (Å²) in [6.45, 7) is 2.37. The third kappa shape index (κ3) is 2.12. The minimum absolute atomic E-state index is 0.557. The lowest BCUT2D eigenvalue weighted by Crippen LogP contribution is -2.32. The van der Waals surface area contributed by atoms with Crippen LogP contribution >= 0.6 is 0 Å². The molecule has 2 rings (SSSR count). The zero-order chi connectivity index (χ0) is 9.10. The molecule has 0 amide bonds. The lowest BCUT2D eigenvalue weighted by Gasteiger charge is -2.25. The van der Waals surface area contributed by atoms with Crippen molar-refractivity contribution in [3.05, 3.63) is 24.3 Å². The number of nitrogens with two attached hydrogens (primary N) is 1. The number of hydrogen-bond acceptors (Lipinski definition) is 3. The van der Waals surface area contributed by atoms with Gasteiger partial charge in [0.25, 0.3) is 0 Å². The molecule has 2 N–H and O–H groups in total. The molecule has 0 radical (unpaired) electrons. The van der Waals surface area contributed by atoms with Crippen LogP contribution in [-0.2, 0) is 4.74 Å². The maximum absolute atomic E-state index is 5.61. The van der Waals surface area contributed by atoms with E-state index in [4.69, 9.17) is 15.2 Å². The van der Waals surface area contributed by atoms with Crippen molar-refractivity contribution >= 4 is 5.69 Å². The third-order valence-electron chi connectivity index (χ3n) is 2.05. The van der Waals surface area contributed by atoms with E-state index in [9.17, 15) is 0 Å². The standard InChI is InChI=1S/C10H13NO2/c11-9-2-1-3-10(4-9)13-7-8-5-12-6-8/h1-4,8H,5-7,11H2. The summed E-state index contributed by atoms with van der Waals surface area (Å²) in [5, 5.41) is 0. The van der Waals surface area contributed by atoms with Gasteiger partial charge in [0.2, 0.25) is 0 Å². The predicted molar refractivity (Wildman–Crippen MR) is 50.7 cm³/mol. The van der Waals surface area contributed by atoms with Crippen LogP contribution < -0.4 is 10.5 Å². The molecule has 3 nitrogen and oxygen atoms in total. The average molecular weight is 179 g/mol. The Balaban J connectivity index is 1.86. The van der Waals surface area contributed by atoms with Crippen LogP contribution in [0, 0.1) is 5.92 Å². The molecule has 0 aliphatic carbocycles. The fourth-order valence-electron chi connectivity index (χ4n) is 1.20. The first-order valence-electron chi connectivity index (χ1n) is 4.40. The summed E-state index contributed by atoms with van der Waals surface area (Å²) >= 11 is 0. The van der Waals surface area contributed by atoms with Gasteiger partial charge in [-0.3, -0.25) is 0 Å². The summed E-state index contributed by atoms with van der Waals surface area (Å²) < 4.78 is 10.6. The Bertz CT molecular complexity index is 284. The van der Waals surface area contributed by atoms with Crippen LogP contribution in [0.1, 0.15) is 0 Å². The van der Waals surface area contributed by atoms with Gasteiger partial charge in [-0.25, -0.2) is 0 Å². The molecule has 1 aromatic carbocycles. The summed E-state index contributed by atoms with van der Waals surface area (Å²) in [6, 6.07) is 7.48. The second kappa shape index (κ2) is 3.66. The highest BCUT2D eigenvalue weighted by Crippen LogP contribution is 2.17. The highest BCUT2D eigenvalue weighted by Gasteiger charge is 2.18. The second-order valence-corrected chi connectivity index (χ2v) is 3.29.